The first kappa shape index (κ1) is 11.6. The van der Waals surface area contributed by atoms with Crippen LogP contribution in [0.1, 0.15) is 5.69 Å². The molecule has 5 heteroatoms. The van der Waals surface area contributed by atoms with E-state index in [0.717, 1.165) is 16.8 Å². The van der Waals surface area contributed by atoms with Crippen LogP contribution in [0.4, 0.5) is 0 Å². The lowest BCUT2D eigenvalue weighted by atomic mass is 10.1. The van der Waals surface area contributed by atoms with Crippen LogP contribution in [-0.4, -0.2) is 19.7 Å². The lowest BCUT2D eigenvalue weighted by Gasteiger charge is -2.04. The summed E-state index contributed by atoms with van der Waals surface area (Å²) in [6.07, 6.45) is 7.01. The second kappa shape index (κ2) is 4.99. The molecule has 0 aliphatic carbocycles. The summed E-state index contributed by atoms with van der Waals surface area (Å²) in [6, 6.07) is 10.1. The largest absolute Gasteiger partial charge is 0.325 e. The molecule has 3 rings (SSSR count). The molecule has 2 N–H and O–H groups in total. The van der Waals surface area contributed by atoms with Gasteiger partial charge in [0.25, 0.3) is 0 Å². The molecule has 0 saturated carbocycles. The first-order chi connectivity index (χ1) is 9.38. The predicted octanol–water partition coefficient (Wildman–Crippen LogP) is 1.79. The minimum Gasteiger partial charge on any atom is -0.325 e. The molecule has 0 atom stereocenters. The van der Waals surface area contributed by atoms with Crippen molar-refractivity contribution in [2.24, 2.45) is 5.73 Å². The Labute approximate surface area is 110 Å². The Morgan fingerprint density at radius 3 is 2.58 bits per heavy atom. The SMILES string of the molecule is NCc1nccnc1-n1cc(-c2ccccc2)cn1. The van der Waals surface area contributed by atoms with Crippen molar-refractivity contribution in [1.82, 2.24) is 19.7 Å². The van der Waals surface area contributed by atoms with Gasteiger partial charge in [0.15, 0.2) is 5.82 Å². The van der Waals surface area contributed by atoms with E-state index >= 15 is 0 Å². The molecular formula is C14H13N5. The third-order valence-electron chi connectivity index (χ3n) is 2.85. The number of nitrogens with zero attached hydrogens (tertiary/aromatic N) is 4. The predicted molar refractivity (Wildman–Crippen MR) is 72.5 cm³/mol. The lowest BCUT2D eigenvalue weighted by molar-refractivity contribution is 0.803. The van der Waals surface area contributed by atoms with E-state index in [1.165, 1.54) is 0 Å². The van der Waals surface area contributed by atoms with Crippen molar-refractivity contribution < 1.29 is 0 Å². The van der Waals surface area contributed by atoms with Crippen LogP contribution < -0.4 is 5.73 Å². The fraction of sp³-hybridized carbons (Fsp3) is 0.0714. The van der Waals surface area contributed by atoms with Gasteiger partial charge in [-0.15, -0.1) is 0 Å². The average molecular weight is 251 g/mol. The zero-order chi connectivity index (χ0) is 13.1. The molecule has 0 spiro atoms. The second-order valence-corrected chi connectivity index (χ2v) is 4.07. The number of hydrogen-bond acceptors (Lipinski definition) is 4. The van der Waals surface area contributed by atoms with E-state index in [9.17, 15) is 0 Å². The first-order valence-corrected chi connectivity index (χ1v) is 5.99. The Kier molecular flexibility index (Phi) is 3.04. The first-order valence-electron chi connectivity index (χ1n) is 5.99. The summed E-state index contributed by atoms with van der Waals surface area (Å²) in [5.74, 6) is 0.673. The molecule has 0 amide bonds. The quantitative estimate of drug-likeness (QED) is 0.770. The molecule has 0 aliphatic rings. The smallest absolute Gasteiger partial charge is 0.176 e. The molecule has 0 aliphatic heterocycles. The number of aromatic nitrogens is 4. The monoisotopic (exact) mass is 251 g/mol. The maximum atomic E-state index is 5.66. The standard InChI is InChI=1S/C14H13N5/c15-8-13-14(17-7-6-16-13)19-10-12(9-18-19)11-4-2-1-3-5-11/h1-7,9-10H,8,15H2. The normalized spacial score (nSPS) is 10.6. The van der Waals surface area contributed by atoms with E-state index < -0.39 is 0 Å². The van der Waals surface area contributed by atoms with Gasteiger partial charge in [-0.05, 0) is 5.56 Å². The zero-order valence-electron chi connectivity index (χ0n) is 10.3. The Balaban J connectivity index is 2.02. The summed E-state index contributed by atoms with van der Waals surface area (Å²) in [6.45, 7) is 0.337. The molecule has 94 valence electrons. The Bertz CT molecular complexity index is 675. The van der Waals surface area contributed by atoms with Crippen molar-refractivity contribution in [3.8, 4) is 16.9 Å². The molecule has 0 unspecified atom stereocenters. The number of rotatable bonds is 3. The Morgan fingerprint density at radius 2 is 1.79 bits per heavy atom. The van der Waals surface area contributed by atoms with Crippen molar-refractivity contribution in [3.63, 3.8) is 0 Å². The van der Waals surface area contributed by atoms with Crippen LogP contribution in [0.25, 0.3) is 16.9 Å². The minimum absolute atomic E-state index is 0.337. The van der Waals surface area contributed by atoms with Crippen LogP contribution in [0.15, 0.2) is 55.1 Å². The summed E-state index contributed by atoms with van der Waals surface area (Å²) < 4.78 is 1.71. The molecule has 2 aromatic heterocycles. The summed E-state index contributed by atoms with van der Waals surface area (Å²) in [5.41, 5.74) is 8.54. The fourth-order valence-electron chi connectivity index (χ4n) is 1.91. The second-order valence-electron chi connectivity index (χ2n) is 4.07. The van der Waals surface area contributed by atoms with Gasteiger partial charge in [-0.2, -0.15) is 5.10 Å². The molecule has 0 fully saturated rings. The van der Waals surface area contributed by atoms with Crippen molar-refractivity contribution in [2.45, 2.75) is 6.54 Å². The van der Waals surface area contributed by atoms with Crippen LogP contribution in [0, 0.1) is 0 Å². The van der Waals surface area contributed by atoms with E-state index in [1.54, 1.807) is 17.1 Å². The topological polar surface area (TPSA) is 69.6 Å². The van der Waals surface area contributed by atoms with E-state index in [0.29, 0.717) is 12.4 Å². The molecule has 19 heavy (non-hydrogen) atoms. The molecule has 2 heterocycles. The van der Waals surface area contributed by atoms with E-state index in [-0.39, 0.29) is 0 Å². The van der Waals surface area contributed by atoms with Crippen LogP contribution in [0.5, 0.6) is 0 Å². The van der Waals surface area contributed by atoms with Gasteiger partial charge in [-0.3, -0.25) is 4.98 Å². The molecule has 1 aromatic carbocycles. The highest BCUT2D eigenvalue weighted by molar-refractivity contribution is 5.61. The maximum Gasteiger partial charge on any atom is 0.176 e. The van der Waals surface area contributed by atoms with Gasteiger partial charge in [-0.1, -0.05) is 30.3 Å². The molecule has 0 saturated heterocycles. The van der Waals surface area contributed by atoms with Crippen molar-refractivity contribution in [3.05, 3.63) is 60.8 Å². The van der Waals surface area contributed by atoms with Gasteiger partial charge in [-0.25, -0.2) is 9.67 Å². The fourth-order valence-corrected chi connectivity index (χ4v) is 1.91. The maximum absolute atomic E-state index is 5.66. The molecular weight excluding hydrogens is 238 g/mol. The van der Waals surface area contributed by atoms with E-state index in [4.69, 9.17) is 5.73 Å². The van der Waals surface area contributed by atoms with Crippen LogP contribution in [0.3, 0.4) is 0 Å². The van der Waals surface area contributed by atoms with Crippen molar-refractivity contribution in [2.75, 3.05) is 0 Å². The third-order valence-corrected chi connectivity index (χ3v) is 2.85. The number of hydrogen-bond donors (Lipinski definition) is 1. The van der Waals surface area contributed by atoms with Crippen LogP contribution in [0.2, 0.25) is 0 Å². The third kappa shape index (κ3) is 2.23. The van der Waals surface area contributed by atoms with Crippen LogP contribution >= 0.6 is 0 Å². The van der Waals surface area contributed by atoms with E-state index in [2.05, 4.69) is 15.1 Å². The van der Waals surface area contributed by atoms with E-state index in [1.807, 2.05) is 42.7 Å². The average Bonchev–Trinajstić information content (AvgIpc) is 2.98. The summed E-state index contributed by atoms with van der Waals surface area (Å²) in [4.78, 5) is 8.49. The summed E-state index contributed by atoms with van der Waals surface area (Å²) in [5, 5.41) is 4.33. The zero-order valence-corrected chi connectivity index (χ0v) is 10.3. The van der Waals surface area contributed by atoms with Gasteiger partial charge in [0.1, 0.15) is 0 Å². The van der Waals surface area contributed by atoms with Gasteiger partial charge >= 0.3 is 0 Å². The molecule has 3 aromatic rings. The number of benzene rings is 1. The van der Waals surface area contributed by atoms with Gasteiger partial charge < -0.3 is 5.73 Å². The molecule has 5 nitrogen and oxygen atoms in total. The molecule has 0 bridgehead atoms. The van der Waals surface area contributed by atoms with Crippen molar-refractivity contribution >= 4 is 0 Å². The molecule has 0 radical (unpaired) electrons. The highest BCUT2D eigenvalue weighted by Gasteiger charge is 2.08. The lowest BCUT2D eigenvalue weighted by Crippen LogP contribution is -2.09. The van der Waals surface area contributed by atoms with Gasteiger partial charge in [0, 0.05) is 30.7 Å². The highest BCUT2D eigenvalue weighted by Crippen LogP contribution is 2.19. The van der Waals surface area contributed by atoms with Gasteiger partial charge in [0.2, 0.25) is 0 Å². The Hall–Kier alpha value is -2.53. The van der Waals surface area contributed by atoms with Crippen LogP contribution in [-0.2, 0) is 6.54 Å². The van der Waals surface area contributed by atoms with Gasteiger partial charge in [0.05, 0.1) is 11.9 Å². The minimum atomic E-state index is 0.337. The Morgan fingerprint density at radius 1 is 1.00 bits per heavy atom. The number of nitrogens with two attached hydrogens (primary N) is 1. The summed E-state index contributed by atoms with van der Waals surface area (Å²) >= 11 is 0. The highest BCUT2D eigenvalue weighted by atomic mass is 15.3. The van der Waals surface area contributed by atoms with Crippen molar-refractivity contribution in [1.29, 1.82) is 0 Å². The summed E-state index contributed by atoms with van der Waals surface area (Å²) in [7, 11) is 0.